The molecule has 98 valence electrons. The van der Waals surface area contributed by atoms with E-state index in [4.69, 9.17) is 16.7 Å². The van der Waals surface area contributed by atoms with Crippen molar-refractivity contribution in [1.29, 1.82) is 0 Å². The van der Waals surface area contributed by atoms with E-state index < -0.39 is 11.8 Å². The maximum absolute atomic E-state index is 13.7. The lowest BCUT2D eigenvalue weighted by Crippen LogP contribution is -2.01. The van der Waals surface area contributed by atoms with Gasteiger partial charge in [0.25, 0.3) is 0 Å². The fourth-order valence-electron chi connectivity index (χ4n) is 1.63. The summed E-state index contributed by atoms with van der Waals surface area (Å²) in [5.41, 5.74) is 1.63. The molecule has 0 aromatic heterocycles. The van der Waals surface area contributed by atoms with Crippen LogP contribution in [0.3, 0.4) is 0 Å². The molecule has 2 aromatic rings. The maximum atomic E-state index is 13.7. The Balaban J connectivity index is 2.40. The van der Waals surface area contributed by atoms with Gasteiger partial charge in [0.15, 0.2) is 0 Å². The predicted molar refractivity (Wildman–Crippen MR) is 72.8 cm³/mol. The number of aryl methyl sites for hydroxylation is 1. The van der Waals surface area contributed by atoms with E-state index in [1.807, 2.05) is 6.92 Å². The van der Waals surface area contributed by atoms with Crippen LogP contribution in [0, 0.1) is 12.7 Å². The highest BCUT2D eigenvalue weighted by atomic mass is 35.5. The summed E-state index contributed by atoms with van der Waals surface area (Å²) in [6.45, 7) is 1.84. The number of aromatic carboxylic acids is 1. The third-order valence-corrected chi connectivity index (χ3v) is 2.92. The zero-order valence-corrected chi connectivity index (χ0v) is 10.8. The molecule has 0 heterocycles. The number of hydrogen-bond donors (Lipinski definition) is 2. The second kappa shape index (κ2) is 5.28. The van der Waals surface area contributed by atoms with Crippen LogP contribution in [0.25, 0.3) is 0 Å². The van der Waals surface area contributed by atoms with Gasteiger partial charge in [-0.05, 0) is 42.8 Å². The fraction of sp³-hybridized carbons (Fsp3) is 0.0714. The van der Waals surface area contributed by atoms with Crippen LogP contribution in [-0.4, -0.2) is 11.1 Å². The number of halogens is 2. The second-order valence-electron chi connectivity index (χ2n) is 4.08. The summed E-state index contributed by atoms with van der Waals surface area (Å²) in [7, 11) is 0. The van der Waals surface area contributed by atoms with Crippen molar-refractivity contribution in [3.63, 3.8) is 0 Å². The van der Waals surface area contributed by atoms with Crippen molar-refractivity contribution < 1.29 is 14.3 Å². The van der Waals surface area contributed by atoms with E-state index in [1.165, 1.54) is 12.1 Å². The summed E-state index contributed by atoms with van der Waals surface area (Å²) in [5.74, 6) is -1.63. The molecule has 0 aliphatic carbocycles. The molecule has 2 aromatic carbocycles. The molecular formula is C14H11ClFNO2. The van der Waals surface area contributed by atoms with Crippen molar-refractivity contribution in [2.75, 3.05) is 5.32 Å². The summed E-state index contributed by atoms with van der Waals surface area (Å²) in [4.78, 5) is 10.9. The monoisotopic (exact) mass is 279 g/mol. The van der Waals surface area contributed by atoms with Gasteiger partial charge >= 0.3 is 5.97 Å². The van der Waals surface area contributed by atoms with Crippen molar-refractivity contribution in [2.24, 2.45) is 0 Å². The normalized spacial score (nSPS) is 10.3. The molecule has 0 radical (unpaired) electrons. The van der Waals surface area contributed by atoms with Gasteiger partial charge in [0.2, 0.25) is 0 Å². The Morgan fingerprint density at radius 2 is 1.95 bits per heavy atom. The third-order valence-electron chi connectivity index (χ3n) is 2.68. The summed E-state index contributed by atoms with van der Waals surface area (Å²) >= 11 is 5.88. The van der Waals surface area contributed by atoms with Crippen molar-refractivity contribution in [2.45, 2.75) is 6.92 Å². The van der Waals surface area contributed by atoms with Crippen LogP contribution in [0.15, 0.2) is 36.4 Å². The molecule has 0 fully saturated rings. The Morgan fingerprint density at radius 3 is 2.63 bits per heavy atom. The molecule has 19 heavy (non-hydrogen) atoms. The first-order valence-corrected chi connectivity index (χ1v) is 5.91. The minimum Gasteiger partial charge on any atom is -0.478 e. The second-order valence-corrected chi connectivity index (χ2v) is 4.52. The van der Waals surface area contributed by atoms with Crippen LogP contribution >= 0.6 is 11.6 Å². The number of nitrogens with one attached hydrogen (secondary N) is 1. The number of anilines is 2. The number of carboxylic acid groups (broad SMARTS) is 1. The topological polar surface area (TPSA) is 49.3 Å². The van der Waals surface area contributed by atoms with Crippen LogP contribution < -0.4 is 5.32 Å². The van der Waals surface area contributed by atoms with Gasteiger partial charge in [0.1, 0.15) is 5.82 Å². The molecule has 5 heteroatoms. The van der Waals surface area contributed by atoms with Crippen LogP contribution in [0.4, 0.5) is 15.8 Å². The number of carboxylic acids is 1. The van der Waals surface area contributed by atoms with Gasteiger partial charge in [-0.2, -0.15) is 0 Å². The zero-order valence-electron chi connectivity index (χ0n) is 10.1. The number of benzene rings is 2. The lowest BCUT2D eigenvalue weighted by Gasteiger charge is -2.11. The molecule has 0 spiro atoms. The van der Waals surface area contributed by atoms with Crippen LogP contribution in [0.1, 0.15) is 15.9 Å². The van der Waals surface area contributed by atoms with Gasteiger partial charge in [0.05, 0.1) is 11.3 Å². The van der Waals surface area contributed by atoms with E-state index in [0.29, 0.717) is 10.7 Å². The average Bonchev–Trinajstić information content (AvgIpc) is 2.36. The maximum Gasteiger partial charge on any atom is 0.335 e. The highest BCUT2D eigenvalue weighted by molar-refractivity contribution is 6.30. The van der Waals surface area contributed by atoms with Crippen molar-refractivity contribution >= 4 is 28.9 Å². The fourth-order valence-corrected chi connectivity index (χ4v) is 1.80. The third kappa shape index (κ3) is 3.03. The lowest BCUT2D eigenvalue weighted by atomic mass is 10.1. The molecular weight excluding hydrogens is 269 g/mol. The highest BCUT2D eigenvalue weighted by Gasteiger charge is 2.09. The number of hydrogen-bond acceptors (Lipinski definition) is 2. The van der Waals surface area contributed by atoms with Crippen molar-refractivity contribution in [1.82, 2.24) is 0 Å². The minimum absolute atomic E-state index is 0.0172. The molecule has 0 bridgehead atoms. The largest absolute Gasteiger partial charge is 0.478 e. The first-order chi connectivity index (χ1) is 8.97. The van der Waals surface area contributed by atoms with Crippen molar-refractivity contribution in [3.05, 3.63) is 58.4 Å². The van der Waals surface area contributed by atoms with Gasteiger partial charge in [-0.3, -0.25) is 0 Å². The Hall–Kier alpha value is -2.07. The SMILES string of the molecule is Cc1ccc(Cl)cc1Nc1cc(C(=O)O)ccc1F. The summed E-state index contributed by atoms with van der Waals surface area (Å²) < 4.78 is 13.7. The molecule has 2 rings (SSSR count). The van der Waals surface area contributed by atoms with E-state index in [9.17, 15) is 9.18 Å². The highest BCUT2D eigenvalue weighted by Crippen LogP contribution is 2.26. The van der Waals surface area contributed by atoms with Crippen LogP contribution in [0.2, 0.25) is 5.02 Å². The molecule has 0 saturated carbocycles. The molecule has 3 nitrogen and oxygen atoms in total. The predicted octanol–water partition coefficient (Wildman–Crippen LogP) is 4.23. The van der Waals surface area contributed by atoms with Gasteiger partial charge in [-0.1, -0.05) is 17.7 Å². The first kappa shape index (κ1) is 13.4. The molecule has 0 aliphatic rings. The molecule has 2 N–H and O–H groups in total. The van der Waals surface area contributed by atoms with Gasteiger partial charge in [0, 0.05) is 10.7 Å². The van der Waals surface area contributed by atoms with Gasteiger partial charge < -0.3 is 10.4 Å². The zero-order chi connectivity index (χ0) is 14.0. The van der Waals surface area contributed by atoms with Crippen LogP contribution in [0.5, 0.6) is 0 Å². The number of rotatable bonds is 3. The smallest absolute Gasteiger partial charge is 0.335 e. The Morgan fingerprint density at radius 1 is 1.21 bits per heavy atom. The molecule has 0 unspecified atom stereocenters. The Bertz CT molecular complexity index is 643. The van der Waals surface area contributed by atoms with E-state index in [2.05, 4.69) is 5.32 Å². The summed E-state index contributed by atoms with van der Waals surface area (Å²) in [5, 5.41) is 12.3. The van der Waals surface area contributed by atoms with Crippen LogP contribution in [-0.2, 0) is 0 Å². The average molecular weight is 280 g/mol. The summed E-state index contributed by atoms with van der Waals surface area (Å²) in [6.07, 6.45) is 0. The summed E-state index contributed by atoms with van der Waals surface area (Å²) in [6, 6.07) is 8.76. The molecule has 0 saturated heterocycles. The Kier molecular flexibility index (Phi) is 3.71. The van der Waals surface area contributed by atoms with E-state index in [1.54, 1.807) is 18.2 Å². The Labute approximate surface area is 114 Å². The quantitative estimate of drug-likeness (QED) is 0.884. The van der Waals surface area contributed by atoms with Gasteiger partial charge in [-0.15, -0.1) is 0 Å². The number of carbonyl (C=O) groups is 1. The van der Waals surface area contributed by atoms with E-state index in [0.717, 1.165) is 11.6 Å². The standard InChI is InChI=1S/C14H11ClFNO2/c1-8-2-4-10(15)7-12(8)17-13-6-9(14(18)19)3-5-11(13)16/h2-7,17H,1H3,(H,18,19). The molecule has 0 aliphatic heterocycles. The molecule has 0 atom stereocenters. The first-order valence-electron chi connectivity index (χ1n) is 5.53. The van der Waals surface area contributed by atoms with E-state index >= 15 is 0 Å². The van der Waals surface area contributed by atoms with Gasteiger partial charge in [-0.25, -0.2) is 9.18 Å². The van der Waals surface area contributed by atoms with Crippen molar-refractivity contribution in [3.8, 4) is 0 Å². The minimum atomic E-state index is -1.11. The molecule has 0 amide bonds. The van der Waals surface area contributed by atoms with E-state index in [-0.39, 0.29) is 11.3 Å². The lowest BCUT2D eigenvalue weighted by molar-refractivity contribution is 0.0697.